The molecule has 23 heavy (non-hydrogen) atoms. The molecule has 1 aromatic carbocycles. The van der Waals surface area contributed by atoms with E-state index >= 15 is 0 Å². The van der Waals surface area contributed by atoms with Gasteiger partial charge in [-0.25, -0.2) is 4.98 Å². The molecule has 0 spiro atoms. The van der Waals surface area contributed by atoms with Crippen LogP contribution in [-0.2, 0) is 19.6 Å². The van der Waals surface area contributed by atoms with Crippen LogP contribution in [0, 0.1) is 0 Å². The average molecular weight is 325 g/mol. The van der Waals surface area contributed by atoms with Crippen LogP contribution in [0.15, 0.2) is 48.0 Å². The Morgan fingerprint density at radius 2 is 2.04 bits per heavy atom. The van der Waals surface area contributed by atoms with E-state index in [9.17, 15) is 0 Å². The summed E-state index contributed by atoms with van der Waals surface area (Å²) < 4.78 is 7.58. The Bertz CT molecular complexity index is 777. The minimum Gasteiger partial charge on any atom is -0.497 e. The van der Waals surface area contributed by atoms with Gasteiger partial charge >= 0.3 is 0 Å². The van der Waals surface area contributed by atoms with Gasteiger partial charge in [0.2, 0.25) is 0 Å². The van der Waals surface area contributed by atoms with Crippen LogP contribution in [0.25, 0.3) is 11.3 Å². The fourth-order valence-corrected chi connectivity index (χ4v) is 3.81. The highest BCUT2D eigenvalue weighted by molar-refractivity contribution is 7.09. The van der Waals surface area contributed by atoms with Gasteiger partial charge in [0.1, 0.15) is 11.6 Å². The number of rotatable bonds is 4. The highest BCUT2D eigenvalue weighted by atomic mass is 32.1. The first kappa shape index (κ1) is 14.5. The van der Waals surface area contributed by atoms with Gasteiger partial charge in [0.15, 0.2) is 0 Å². The number of hydrogen-bond acceptors (Lipinski definition) is 4. The Hall–Kier alpha value is -2.11. The van der Waals surface area contributed by atoms with Gasteiger partial charge in [-0.1, -0.05) is 6.07 Å². The van der Waals surface area contributed by atoms with Gasteiger partial charge in [-0.3, -0.25) is 4.90 Å². The maximum absolute atomic E-state index is 5.24. The summed E-state index contributed by atoms with van der Waals surface area (Å²) in [5.74, 6) is 2.04. The van der Waals surface area contributed by atoms with E-state index in [2.05, 4.69) is 44.1 Å². The van der Waals surface area contributed by atoms with E-state index in [1.54, 1.807) is 7.11 Å². The molecule has 1 aliphatic rings. The van der Waals surface area contributed by atoms with E-state index < -0.39 is 0 Å². The van der Waals surface area contributed by atoms with Crippen LogP contribution >= 0.6 is 11.3 Å². The molecule has 0 unspecified atom stereocenters. The van der Waals surface area contributed by atoms with Crippen molar-refractivity contribution >= 4 is 11.3 Å². The van der Waals surface area contributed by atoms with Crippen LogP contribution in [0.4, 0.5) is 0 Å². The molecule has 0 N–H and O–H groups in total. The second-order valence-electron chi connectivity index (χ2n) is 5.73. The molecule has 2 aromatic heterocycles. The molecule has 0 amide bonds. The largest absolute Gasteiger partial charge is 0.497 e. The highest BCUT2D eigenvalue weighted by Crippen LogP contribution is 2.26. The molecular weight excluding hydrogens is 306 g/mol. The van der Waals surface area contributed by atoms with Gasteiger partial charge < -0.3 is 9.30 Å². The maximum Gasteiger partial charge on any atom is 0.123 e. The summed E-state index contributed by atoms with van der Waals surface area (Å²) in [7, 11) is 1.69. The quantitative estimate of drug-likeness (QED) is 0.734. The number of nitrogens with zero attached hydrogens (tertiary/aromatic N) is 3. The normalized spacial score (nSPS) is 14.7. The first-order valence-electron chi connectivity index (χ1n) is 7.77. The molecule has 1 aliphatic heterocycles. The van der Waals surface area contributed by atoms with Crippen molar-refractivity contribution in [2.24, 2.45) is 0 Å². The predicted molar refractivity (Wildman–Crippen MR) is 92.6 cm³/mol. The van der Waals surface area contributed by atoms with E-state index in [-0.39, 0.29) is 0 Å². The molecular formula is C18H19N3OS. The van der Waals surface area contributed by atoms with Crippen molar-refractivity contribution in [2.75, 3.05) is 13.7 Å². The van der Waals surface area contributed by atoms with Crippen molar-refractivity contribution in [3.63, 3.8) is 0 Å². The molecule has 0 atom stereocenters. The lowest BCUT2D eigenvalue weighted by atomic mass is 10.1. The lowest BCUT2D eigenvalue weighted by molar-refractivity contribution is 0.211. The lowest BCUT2D eigenvalue weighted by Crippen LogP contribution is -2.33. The summed E-state index contributed by atoms with van der Waals surface area (Å²) in [5.41, 5.74) is 2.38. The third kappa shape index (κ3) is 2.90. The summed E-state index contributed by atoms with van der Waals surface area (Å²) in [6, 6.07) is 12.5. The molecule has 0 fully saturated rings. The number of fused-ring (bicyclic) bond motifs is 1. The second-order valence-corrected chi connectivity index (χ2v) is 6.76. The average Bonchev–Trinajstić information content (AvgIpc) is 3.24. The zero-order valence-corrected chi connectivity index (χ0v) is 13.9. The van der Waals surface area contributed by atoms with Gasteiger partial charge in [0, 0.05) is 30.1 Å². The van der Waals surface area contributed by atoms with Gasteiger partial charge in [0.05, 0.1) is 25.5 Å². The smallest absolute Gasteiger partial charge is 0.123 e. The van der Waals surface area contributed by atoms with E-state index in [0.29, 0.717) is 0 Å². The van der Waals surface area contributed by atoms with Crippen LogP contribution in [-0.4, -0.2) is 28.1 Å². The molecule has 0 bridgehead atoms. The van der Waals surface area contributed by atoms with Crippen molar-refractivity contribution in [3.8, 4) is 17.0 Å². The Morgan fingerprint density at radius 1 is 1.17 bits per heavy atom. The van der Waals surface area contributed by atoms with E-state index in [0.717, 1.165) is 37.8 Å². The van der Waals surface area contributed by atoms with Crippen LogP contribution in [0.3, 0.4) is 0 Å². The van der Waals surface area contributed by atoms with Crippen LogP contribution < -0.4 is 4.74 Å². The Morgan fingerprint density at radius 3 is 2.78 bits per heavy atom. The highest BCUT2D eigenvalue weighted by Gasteiger charge is 2.20. The van der Waals surface area contributed by atoms with E-state index in [1.807, 2.05) is 29.7 Å². The van der Waals surface area contributed by atoms with Gasteiger partial charge in [-0.05, 0) is 35.7 Å². The summed E-state index contributed by atoms with van der Waals surface area (Å²) in [4.78, 5) is 8.53. The number of imidazole rings is 1. The molecule has 0 radical (unpaired) electrons. The first-order valence-corrected chi connectivity index (χ1v) is 8.65. The standard InChI is InChI=1S/C18H19N3OS/c1-22-15-6-4-14(5-7-15)17-11-19-18-13-20(8-9-21(17)18)12-16-3-2-10-23-16/h2-7,10-11H,8-9,12-13H2,1H3. The zero-order chi connectivity index (χ0) is 15.6. The number of benzene rings is 1. The zero-order valence-electron chi connectivity index (χ0n) is 13.1. The van der Waals surface area contributed by atoms with E-state index in [4.69, 9.17) is 4.74 Å². The summed E-state index contributed by atoms with van der Waals surface area (Å²) >= 11 is 1.82. The minimum absolute atomic E-state index is 0.884. The monoisotopic (exact) mass is 325 g/mol. The van der Waals surface area contributed by atoms with Crippen molar-refractivity contribution in [3.05, 3.63) is 58.7 Å². The van der Waals surface area contributed by atoms with Gasteiger partial charge in [-0.2, -0.15) is 0 Å². The number of hydrogen-bond donors (Lipinski definition) is 0. The molecule has 4 rings (SSSR count). The first-order chi connectivity index (χ1) is 11.3. The van der Waals surface area contributed by atoms with Crippen LogP contribution in [0.2, 0.25) is 0 Å². The van der Waals surface area contributed by atoms with Gasteiger partial charge in [0.25, 0.3) is 0 Å². The molecule has 0 saturated carbocycles. The molecule has 4 nitrogen and oxygen atoms in total. The SMILES string of the molecule is COc1ccc(-c2cnc3n2CCN(Cc2cccs2)C3)cc1. The third-order valence-electron chi connectivity index (χ3n) is 4.29. The summed E-state index contributed by atoms with van der Waals surface area (Å²) in [5, 5.41) is 2.14. The molecule has 5 heteroatoms. The van der Waals surface area contributed by atoms with Gasteiger partial charge in [-0.15, -0.1) is 11.3 Å². The Kier molecular flexibility index (Phi) is 3.89. The molecule has 3 heterocycles. The Balaban J connectivity index is 1.54. The molecule has 0 saturated heterocycles. The summed E-state index contributed by atoms with van der Waals surface area (Å²) in [6.45, 7) is 3.98. The fourth-order valence-electron chi connectivity index (χ4n) is 3.06. The van der Waals surface area contributed by atoms with Crippen molar-refractivity contribution in [2.45, 2.75) is 19.6 Å². The number of methoxy groups -OCH3 is 1. The second kappa shape index (κ2) is 6.18. The van der Waals surface area contributed by atoms with Crippen molar-refractivity contribution in [1.29, 1.82) is 0 Å². The lowest BCUT2D eigenvalue weighted by Gasteiger charge is -2.28. The maximum atomic E-state index is 5.24. The number of thiophene rings is 1. The molecule has 118 valence electrons. The molecule has 3 aromatic rings. The van der Waals surface area contributed by atoms with E-state index in [1.165, 1.54) is 16.1 Å². The van der Waals surface area contributed by atoms with Crippen LogP contribution in [0.1, 0.15) is 10.7 Å². The summed E-state index contributed by atoms with van der Waals surface area (Å²) in [6.07, 6.45) is 1.99. The number of ether oxygens (including phenoxy) is 1. The minimum atomic E-state index is 0.884. The third-order valence-corrected chi connectivity index (χ3v) is 5.15. The van der Waals surface area contributed by atoms with Crippen LogP contribution in [0.5, 0.6) is 5.75 Å². The van der Waals surface area contributed by atoms with Crippen molar-refractivity contribution in [1.82, 2.24) is 14.5 Å². The van der Waals surface area contributed by atoms with Crippen molar-refractivity contribution < 1.29 is 4.74 Å². The Labute approximate surface area is 140 Å². The molecule has 0 aliphatic carbocycles. The topological polar surface area (TPSA) is 30.3 Å². The predicted octanol–water partition coefficient (Wildman–Crippen LogP) is 3.64. The number of aromatic nitrogens is 2. The fraction of sp³-hybridized carbons (Fsp3) is 0.278.